The van der Waals surface area contributed by atoms with E-state index in [4.69, 9.17) is 9.47 Å². The van der Waals surface area contributed by atoms with E-state index in [9.17, 15) is 13.2 Å². The van der Waals surface area contributed by atoms with Crippen molar-refractivity contribution < 1.29 is 22.6 Å². The molecule has 1 rings (SSSR count). The van der Waals surface area contributed by atoms with Gasteiger partial charge in [-0.05, 0) is 5.56 Å². The first kappa shape index (κ1) is 22.7. The van der Waals surface area contributed by atoms with E-state index in [1.165, 1.54) is 7.05 Å². The van der Waals surface area contributed by atoms with Crippen LogP contribution in [0.5, 0.6) is 5.88 Å². The summed E-state index contributed by atoms with van der Waals surface area (Å²) in [5.74, 6) is 0.785. The van der Waals surface area contributed by atoms with Gasteiger partial charge in [-0.25, -0.2) is 4.98 Å². The van der Waals surface area contributed by atoms with E-state index >= 15 is 0 Å². The molecule has 10 heteroatoms. The molecule has 2 N–H and O–H groups in total. The van der Waals surface area contributed by atoms with Crippen molar-refractivity contribution in [1.82, 2.24) is 15.6 Å². The second-order valence-electron chi connectivity index (χ2n) is 4.56. The van der Waals surface area contributed by atoms with Gasteiger partial charge in [0.25, 0.3) is 0 Å². The predicted octanol–water partition coefficient (Wildman–Crippen LogP) is 2.34. The standard InChI is InChI=1S/C14H21F3N4O2.HI/c1-18-13(19-6-5-14(15,16)17)21-10-11-3-4-12(20-9-11)23-8-7-22-2;/h3-4,9H,5-8,10H2,1-2H3,(H2,18,19,21);1H. The zero-order valence-corrected chi connectivity index (χ0v) is 15.9. The third-order valence-corrected chi connectivity index (χ3v) is 2.72. The van der Waals surface area contributed by atoms with Gasteiger partial charge in [-0.1, -0.05) is 6.07 Å². The third-order valence-electron chi connectivity index (χ3n) is 2.72. The topological polar surface area (TPSA) is 67.8 Å². The van der Waals surface area contributed by atoms with Crippen LogP contribution in [0.3, 0.4) is 0 Å². The fraction of sp³-hybridized carbons (Fsp3) is 0.571. The van der Waals surface area contributed by atoms with Crippen molar-refractivity contribution in [3.05, 3.63) is 23.9 Å². The van der Waals surface area contributed by atoms with E-state index in [0.717, 1.165) is 5.56 Å². The number of aliphatic imine (C=N–C) groups is 1. The van der Waals surface area contributed by atoms with Gasteiger partial charge in [0, 0.05) is 39.5 Å². The Hall–Kier alpha value is -1.30. The van der Waals surface area contributed by atoms with Gasteiger partial charge in [0.2, 0.25) is 5.88 Å². The molecule has 24 heavy (non-hydrogen) atoms. The molecule has 1 aromatic rings. The molecule has 0 saturated carbocycles. The number of hydrogen-bond acceptors (Lipinski definition) is 4. The van der Waals surface area contributed by atoms with Crippen LogP contribution >= 0.6 is 24.0 Å². The number of ether oxygens (including phenoxy) is 2. The first-order valence-corrected chi connectivity index (χ1v) is 7.02. The molecule has 0 radical (unpaired) electrons. The minimum Gasteiger partial charge on any atom is -0.475 e. The highest BCUT2D eigenvalue weighted by Crippen LogP contribution is 2.18. The molecule has 0 amide bonds. The van der Waals surface area contributed by atoms with Gasteiger partial charge in [-0.15, -0.1) is 24.0 Å². The van der Waals surface area contributed by atoms with Crippen LogP contribution in [0.15, 0.2) is 23.3 Å². The molecule has 0 aliphatic rings. The fourth-order valence-electron chi connectivity index (χ4n) is 1.56. The summed E-state index contributed by atoms with van der Waals surface area (Å²) < 4.78 is 46.4. The quantitative estimate of drug-likeness (QED) is 0.269. The molecule has 0 aliphatic heterocycles. The number of nitrogens with one attached hydrogen (secondary N) is 2. The normalized spacial score (nSPS) is 11.6. The lowest BCUT2D eigenvalue weighted by atomic mass is 10.3. The predicted molar refractivity (Wildman–Crippen MR) is 95.9 cm³/mol. The van der Waals surface area contributed by atoms with E-state index in [1.807, 2.05) is 6.07 Å². The molecule has 0 unspecified atom stereocenters. The number of rotatable bonds is 8. The van der Waals surface area contributed by atoms with E-state index in [2.05, 4.69) is 20.6 Å². The molecule has 0 fully saturated rings. The molecule has 0 aromatic carbocycles. The maximum Gasteiger partial charge on any atom is 0.390 e. The number of nitrogens with zero attached hydrogens (tertiary/aromatic N) is 2. The molecule has 0 saturated heterocycles. The van der Waals surface area contributed by atoms with E-state index in [1.54, 1.807) is 19.4 Å². The van der Waals surface area contributed by atoms with Crippen LogP contribution < -0.4 is 15.4 Å². The molecule has 0 bridgehead atoms. The summed E-state index contributed by atoms with van der Waals surface area (Å²) in [6.07, 6.45) is -3.48. The summed E-state index contributed by atoms with van der Waals surface area (Å²) in [5.41, 5.74) is 0.850. The van der Waals surface area contributed by atoms with Gasteiger partial charge in [-0.3, -0.25) is 4.99 Å². The molecular formula is C14H22F3IN4O2. The van der Waals surface area contributed by atoms with Gasteiger partial charge < -0.3 is 20.1 Å². The SMILES string of the molecule is CN=C(NCCC(F)(F)F)NCc1ccc(OCCOC)nc1.I. The average Bonchev–Trinajstić information content (AvgIpc) is 2.51. The van der Waals surface area contributed by atoms with Crippen molar-refractivity contribution in [3.63, 3.8) is 0 Å². The van der Waals surface area contributed by atoms with Gasteiger partial charge >= 0.3 is 6.18 Å². The van der Waals surface area contributed by atoms with Gasteiger partial charge in [0.15, 0.2) is 5.96 Å². The van der Waals surface area contributed by atoms with E-state index in [0.29, 0.717) is 31.6 Å². The minimum atomic E-state index is -4.19. The van der Waals surface area contributed by atoms with Gasteiger partial charge in [0.1, 0.15) is 6.61 Å². The molecule has 1 aromatic heterocycles. The van der Waals surface area contributed by atoms with Crippen LogP contribution in [-0.4, -0.2) is 51.0 Å². The number of pyridine rings is 1. The maximum absolute atomic E-state index is 12.1. The molecule has 6 nitrogen and oxygen atoms in total. The summed E-state index contributed by atoms with van der Waals surface area (Å²) in [7, 11) is 3.08. The first-order valence-electron chi connectivity index (χ1n) is 7.02. The highest BCUT2D eigenvalue weighted by molar-refractivity contribution is 14.0. The Kier molecular flexibility index (Phi) is 11.5. The maximum atomic E-state index is 12.1. The molecular weight excluding hydrogens is 440 g/mol. The van der Waals surface area contributed by atoms with Crippen LogP contribution in [0.4, 0.5) is 13.2 Å². The molecule has 0 atom stereocenters. The largest absolute Gasteiger partial charge is 0.475 e. The lowest BCUT2D eigenvalue weighted by molar-refractivity contribution is -0.132. The first-order chi connectivity index (χ1) is 10.9. The van der Waals surface area contributed by atoms with Gasteiger partial charge in [-0.2, -0.15) is 13.2 Å². The summed E-state index contributed by atoms with van der Waals surface area (Å²) in [6.45, 7) is 1.05. The van der Waals surface area contributed by atoms with Crippen LogP contribution in [0.1, 0.15) is 12.0 Å². The number of hydrogen-bond donors (Lipinski definition) is 2. The monoisotopic (exact) mass is 462 g/mol. The second-order valence-corrected chi connectivity index (χ2v) is 4.56. The number of alkyl halides is 3. The highest BCUT2D eigenvalue weighted by Gasteiger charge is 2.26. The zero-order chi connectivity index (χ0) is 17.1. The van der Waals surface area contributed by atoms with Crippen molar-refractivity contribution in [1.29, 1.82) is 0 Å². The number of methoxy groups -OCH3 is 1. The fourth-order valence-corrected chi connectivity index (χ4v) is 1.56. The van der Waals surface area contributed by atoms with Gasteiger partial charge in [0.05, 0.1) is 13.0 Å². The Morgan fingerprint density at radius 2 is 2.00 bits per heavy atom. The number of aromatic nitrogens is 1. The van der Waals surface area contributed by atoms with Crippen molar-refractivity contribution in [2.75, 3.05) is 33.9 Å². The lowest BCUT2D eigenvalue weighted by Gasteiger charge is -2.13. The summed E-state index contributed by atoms with van der Waals surface area (Å²) in [4.78, 5) is 7.98. The summed E-state index contributed by atoms with van der Waals surface area (Å²) in [5, 5.41) is 5.52. The van der Waals surface area contributed by atoms with E-state index in [-0.39, 0.29) is 30.5 Å². The number of guanidine groups is 1. The minimum absolute atomic E-state index is 0. The Morgan fingerprint density at radius 3 is 2.54 bits per heavy atom. The zero-order valence-electron chi connectivity index (χ0n) is 13.5. The molecule has 0 spiro atoms. The Balaban J connectivity index is 0.00000529. The molecule has 1 heterocycles. The van der Waals surface area contributed by atoms with Crippen LogP contribution in [0.2, 0.25) is 0 Å². The van der Waals surface area contributed by atoms with Crippen LogP contribution in [0, 0.1) is 0 Å². The van der Waals surface area contributed by atoms with Crippen molar-refractivity contribution in [3.8, 4) is 5.88 Å². The van der Waals surface area contributed by atoms with E-state index < -0.39 is 12.6 Å². The van der Waals surface area contributed by atoms with Crippen LogP contribution in [0.25, 0.3) is 0 Å². The Labute approximate surface area is 156 Å². The molecule has 138 valence electrons. The Morgan fingerprint density at radius 1 is 1.25 bits per heavy atom. The van der Waals surface area contributed by atoms with Crippen molar-refractivity contribution in [2.24, 2.45) is 4.99 Å². The average molecular weight is 462 g/mol. The third kappa shape index (κ3) is 10.5. The summed E-state index contributed by atoms with van der Waals surface area (Å²) >= 11 is 0. The highest BCUT2D eigenvalue weighted by atomic mass is 127. The van der Waals surface area contributed by atoms with Crippen molar-refractivity contribution >= 4 is 29.9 Å². The smallest absolute Gasteiger partial charge is 0.390 e. The van der Waals surface area contributed by atoms with Crippen molar-refractivity contribution in [2.45, 2.75) is 19.1 Å². The lowest BCUT2D eigenvalue weighted by Crippen LogP contribution is -2.38. The summed E-state index contributed by atoms with van der Waals surface area (Å²) in [6, 6.07) is 3.53. The second kappa shape index (κ2) is 12.1. The molecule has 0 aliphatic carbocycles. The van der Waals surface area contributed by atoms with Crippen LogP contribution in [-0.2, 0) is 11.3 Å². The Bertz CT molecular complexity index is 484. The number of halogens is 4.